The van der Waals surface area contributed by atoms with Crippen LogP contribution >= 0.6 is 0 Å². The van der Waals surface area contributed by atoms with Gasteiger partial charge in [-0.25, -0.2) is 0 Å². The summed E-state index contributed by atoms with van der Waals surface area (Å²) in [4.78, 5) is 1.85. The van der Waals surface area contributed by atoms with Crippen molar-refractivity contribution in [3.05, 3.63) is 0 Å². The molecule has 0 aromatic heterocycles. The van der Waals surface area contributed by atoms with E-state index in [4.69, 9.17) is 6.42 Å². The first-order chi connectivity index (χ1) is 7.54. The van der Waals surface area contributed by atoms with Gasteiger partial charge in [0.25, 0.3) is 0 Å². The molecule has 16 heavy (non-hydrogen) atoms. The summed E-state index contributed by atoms with van der Waals surface area (Å²) in [6, 6.07) is 0. The van der Waals surface area contributed by atoms with E-state index in [1.54, 1.807) is 0 Å². The molecule has 0 radical (unpaired) electrons. The molecule has 1 heterocycles. The largest absolute Gasteiger partial charge is 0.393 e. The van der Waals surface area contributed by atoms with Crippen LogP contribution in [0.15, 0.2) is 0 Å². The highest BCUT2D eigenvalue weighted by atomic mass is 19.4. The van der Waals surface area contributed by atoms with E-state index in [1.165, 1.54) is 0 Å². The molecule has 1 N–H and O–H groups in total. The maximum absolute atomic E-state index is 12.5. The number of rotatable bonds is 4. The van der Waals surface area contributed by atoms with Crippen LogP contribution in [0.25, 0.3) is 0 Å². The Bertz CT molecular complexity index is 245. The van der Waals surface area contributed by atoms with Gasteiger partial charge >= 0.3 is 6.18 Å². The Morgan fingerprint density at radius 3 is 2.81 bits per heavy atom. The van der Waals surface area contributed by atoms with Gasteiger partial charge in [-0.3, -0.25) is 0 Å². The Morgan fingerprint density at radius 1 is 1.44 bits per heavy atom. The average molecular weight is 234 g/mol. The van der Waals surface area contributed by atoms with Gasteiger partial charge in [0.2, 0.25) is 0 Å². The molecule has 0 spiro atoms. The third kappa shape index (κ3) is 4.42. The molecule has 0 amide bonds. The van der Waals surface area contributed by atoms with Crippen molar-refractivity contribution < 1.29 is 13.2 Å². The fraction of sp³-hybridized carbons (Fsp3) is 0.818. The van der Waals surface area contributed by atoms with Crippen LogP contribution in [-0.2, 0) is 0 Å². The average Bonchev–Trinajstić information content (AvgIpc) is 2.24. The number of hydrogen-bond acceptors (Lipinski definition) is 2. The van der Waals surface area contributed by atoms with Crippen molar-refractivity contribution in [3.63, 3.8) is 0 Å². The number of hydrogen-bond donors (Lipinski definition) is 1. The van der Waals surface area contributed by atoms with Crippen LogP contribution in [-0.4, -0.2) is 43.8 Å². The SMILES string of the molecule is C#CCNCCN1CCCC(C(F)(F)F)C1. The number of terminal acetylenes is 1. The minimum absolute atomic E-state index is 0.126. The lowest BCUT2D eigenvalue weighted by molar-refractivity contribution is -0.186. The van der Waals surface area contributed by atoms with E-state index in [9.17, 15) is 13.2 Å². The first kappa shape index (κ1) is 13.3. The number of alkyl halides is 3. The molecule has 2 nitrogen and oxygen atoms in total. The quantitative estimate of drug-likeness (QED) is 0.585. The van der Waals surface area contributed by atoms with Gasteiger partial charge < -0.3 is 10.2 Å². The number of nitrogens with zero attached hydrogens (tertiary/aromatic N) is 1. The van der Waals surface area contributed by atoms with Crippen LogP contribution in [0.2, 0.25) is 0 Å². The summed E-state index contributed by atoms with van der Waals surface area (Å²) >= 11 is 0. The molecule has 1 aliphatic rings. The summed E-state index contributed by atoms with van der Waals surface area (Å²) in [7, 11) is 0. The third-order valence-corrected chi connectivity index (χ3v) is 2.80. The maximum Gasteiger partial charge on any atom is 0.393 e. The molecule has 1 fully saturated rings. The van der Waals surface area contributed by atoms with Gasteiger partial charge in [0.05, 0.1) is 12.5 Å². The summed E-state index contributed by atoms with van der Waals surface area (Å²) in [5, 5.41) is 2.98. The van der Waals surface area contributed by atoms with Gasteiger partial charge in [-0.05, 0) is 19.4 Å². The van der Waals surface area contributed by atoms with Gasteiger partial charge in [0.15, 0.2) is 0 Å². The van der Waals surface area contributed by atoms with Gasteiger partial charge in [0.1, 0.15) is 0 Å². The fourth-order valence-electron chi connectivity index (χ4n) is 1.92. The monoisotopic (exact) mass is 234 g/mol. The van der Waals surface area contributed by atoms with Gasteiger partial charge in [-0.1, -0.05) is 5.92 Å². The Kier molecular flexibility index (Phi) is 5.10. The van der Waals surface area contributed by atoms with Gasteiger partial charge in [0, 0.05) is 19.6 Å². The molecule has 5 heteroatoms. The molecule has 0 aromatic rings. The number of likely N-dealkylation sites (tertiary alicyclic amines) is 1. The van der Waals surface area contributed by atoms with E-state index in [0.717, 1.165) is 6.54 Å². The standard InChI is InChI=1S/C11H17F3N2/c1-2-5-15-6-8-16-7-3-4-10(9-16)11(12,13)14/h1,10,15H,3-9H2. The zero-order valence-electron chi connectivity index (χ0n) is 9.19. The summed E-state index contributed by atoms with van der Waals surface area (Å²) in [5.41, 5.74) is 0. The van der Waals surface area contributed by atoms with Crippen LogP contribution in [0.1, 0.15) is 12.8 Å². The topological polar surface area (TPSA) is 15.3 Å². The molecule has 0 aliphatic carbocycles. The molecule has 0 aromatic carbocycles. The van der Waals surface area contributed by atoms with Crippen molar-refractivity contribution >= 4 is 0 Å². The van der Waals surface area contributed by atoms with E-state index in [0.29, 0.717) is 26.1 Å². The fourth-order valence-corrected chi connectivity index (χ4v) is 1.92. The van der Waals surface area contributed by atoms with Crippen molar-refractivity contribution in [2.24, 2.45) is 5.92 Å². The maximum atomic E-state index is 12.5. The molecule has 1 saturated heterocycles. The van der Waals surface area contributed by atoms with Crippen LogP contribution < -0.4 is 5.32 Å². The van der Waals surface area contributed by atoms with Crippen LogP contribution in [0.4, 0.5) is 13.2 Å². The number of piperidine rings is 1. The van der Waals surface area contributed by atoms with E-state index in [-0.39, 0.29) is 13.0 Å². The molecule has 1 rings (SSSR count). The lowest BCUT2D eigenvalue weighted by atomic mass is 9.97. The highest BCUT2D eigenvalue weighted by Gasteiger charge is 2.41. The normalized spacial score (nSPS) is 23.0. The van der Waals surface area contributed by atoms with Crippen molar-refractivity contribution in [1.29, 1.82) is 0 Å². The molecule has 1 unspecified atom stereocenters. The highest BCUT2D eigenvalue weighted by molar-refractivity contribution is 4.86. The zero-order valence-corrected chi connectivity index (χ0v) is 9.19. The van der Waals surface area contributed by atoms with Crippen molar-refractivity contribution in [1.82, 2.24) is 10.2 Å². The summed E-state index contributed by atoms with van der Waals surface area (Å²) in [6.45, 7) is 2.63. The minimum atomic E-state index is -4.05. The Balaban J connectivity index is 2.26. The number of nitrogens with one attached hydrogen (secondary N) is 1. The Morgan fingerprint density at radius 2 is 2.19 bits per heavy atom. The predicted molar refractivity (Wildman–Crippen MR) is 56.9 cm³/mol. The van der Waals surface area contributed by atoms with Crippen LogP contribution in [0.5, 0.6) is 0 Å². The Labute approximate surface area is 94.2 Å². The van der Waals surface area contributed by atoms with Crippen LogP contribution in [0, 0.1) is 18.3 Å². The lowest BCUT2D eigenvalue weighted by Gasteiger charge is -2.33. The first-order valence-corrected chi connectivity index (χ1v) is 5.47. The Hall–Kier alpha value is -0.730. The van der Waals surface area contributed by atoms with Crippen molar-refractivity contribution in [2.45, 2.75) is 19.0 Å². The number of halogens is 3. The first-order valence-electron chi connectivity index (χ1n) is 5.47. The molecule has 0 saturated carbocycles. The molecular formula is C11H17F3N2. The van der Waals surface area contributed by atoms with E-state index >= 15 is 0 Å². The molecule has 0 bridgehead atoms. The summed E-state index contributed by atoms with van der Waals surface area (Å²) in [5.74, 6) is 1.27. The molecule has 92 valence electrons. The second-order valence-corrected chi connectivity index (χ2v) is 4.06. The zero-order chi connectivity index (χ0) is 12.0. The molecular weight excluding hydrogens is 217 g/mol. The van der Waals surface area contributed by atoms with Gasteiger partial charge in [-0.2, -0.15) is 13.2 Å². The highest BCUT2D eigenvalue weighted by Crippen LogP contribution is 2.32. The second kappa shape index (κ2) is 6.12. The minimum Gasteiger partial charge on any atom is -0.305 e. The van der Waals surface area contributed by atoms with Crippen molar-refractivity contribution in [2.75, 3.05) is 32.7 Å². The van der Waals surface area contributed by atoms with E-state index in [1.807, 2.05) is 4.90 Å². The van der Waals surface area contributed by atoms with E-state index < -0.39 is 12.1 Å². The third-order valence-electron chi connectivity index (χ3n) is 2.80. The van der Waals surface area contributed by atoms with Crippen LogP contribution in [0.3, 0.4) is 0 Å². The molecule has 1 aliphatic heterocycles. The summed E-state index contributed by atoms with van der Waals surface area (Å²) < 4.78 is 37.5. The summed E-state index contributed by atoms with van der Waals surface area (Å²) in [6.07, 6.45) is 1.89. The molecule has 1 atom stereocenters. The predicted octanol–water partition coefficient (Wildman–Crippen LogP) is 1.48. The van der Waals surface area contributed by atoms with E-state index in [2.05, 4.69) is 11.2 Å². The van der Waals surface area contributed by atoms with Crippen molar-refractivity contribution in [3.8, 4) is 12.3 Å². The second-order valence-electron chi connectivity index (χ2n) is 4.06. The van der Waals surface area contributed by atoms with Gasteiger partial charge in [-0.15, -0.1) is 6.42 Å². The lowest BCUT2D eigenvalue weighted by Crippen LogP contribution is -2.44. The smallest absolute Gasteiger partial charge is 0.305 e.